The first-order chi connectivity index (χ1) is 5.93. The molecule has 0 spiro atoms. The van der Waals surface area contributed by atoms with Gasteiger partial charge in [0.2, 0.25) is 4.20 Å². The van der Waals surface area contributed by atoms with Gasteiger partial charge in [-0.2, -0.15) is 0 Å². The van der Waals surface area contributed by atoms with E-state index in [0.29, 0.717) is 0 Å². The standard InChI is InChI=1S/C8H17NPS2/c10-7-9-4-1-3-8-11-5-2-6-12-8/h9H,1-7,10H2/q+1. The molecule has 0 saturated carbocycles. The van der Waals surface area contributed by atoms with E-state index in [1.807, 2.05) is 0 Å². The molecule has 1 atom stereocenters. The minimum Gasteiger partial charge on any atom is -0.313 e. The highest BCUT2D eigenvalue weighted by Crippen LogP contribution is 2.14. The highest BCUT2D eigenvalue weighted by atomic mass is 32.2. The summed E-state index contributed by atoms with van der Waals surface area (Å²) in [5.74, 6) is 2.69. The Morgan fingerprint density at radius 3 is 3.17 bits per heavy atom. The van der Waals surface area contributed by atoms with Crippen LogP contribution in [-0.4, -0.2) is 28.5 Å². The van der Waals surface area contributed by atoms with E-state index in [1.165, 1.54) is 30.8 Å². The monoisotopic (exact) mass is 222 g/mol. The first-order valence-electron chi connectivity index (χ1n) is 4.45. The van der Waals surface area contributed by atoms with Crippen LogP contribution in [0.25, 0.3) is 0 Å². The van der Waals surface area contributed by atoms with Gasteiger partial charge >= 0.3 is 0 Å². The van der Waals surface area contributed by atoms with Crippen LogP contribution < -0.4 is 5.32 Å². The van der Waals surface area contributed by atoms with Crippen LogP contribution in [0.15, 0.2) is 0 Å². The molecule has 12 heavy (non-hydrogen) atoms. The molecule has 0 aromatic carbocycles. The van der Waals surface area contributed by atoms with Gasteiger partial charge in [-0.15, -0.1) is 9.24 Å². The summed E-state index contributed by atoms with van der Waals surface area (Å²) >= 11 is 4.14. The average Bonchev–Trinajstić information content (AvgIpc) is 2.14. The highest BCUT2D eigenvalue weighted by Gasteiger charge is 2.15. The first kappa shape index (κ1) is 10.9. The quantitative estimate of drug-likeness (QED) is 0.328. The number of rotatable bonds is 5. The Morgan fingerprint density at radius 2 is 2.50 bits per heavy atom. The Kier molecular flexibility index (Phi) is 6.59. The minimum absolute atomic E-state index is 1.02. The summed E-state index contributed by atoms with van der Waals surface area (Å²) in [6.07, 6.45) is 5.01. The van der Waals surface area contributed by atoms with E-state index < -0.39 is 0 Å². The second kappa shape index (κ2) is 7.25. The molecule has 1 nitrogen and oxygen atoms in total. The molecule has 0 aliphatic carbocycles. The van der Waals surface area contributed by atoms with Gasteiger partial charge < -0.3 is 5.32 Å². The molecule has 1 heterocycles. The Morgan fingerprint density at radius 1 is 1.58 bits per heavy atom. The summed E-state index contributed by atoms with van der Waals surface area (Å²) in [5, 5.41) is 3.32. The molecule has 4 heteroatoms. The Bertz CT molecular complexity index is 150. The van der Waals surface area contributed by atoms with Crippen LogP contribution in [0.5, 0.6) is 0 Å². The summed E-state index contributed by atoms with van der Waals surface area (Å²) in [4.78, 5) is 0. The van der Waals surface area contributed by atoms with Crippen molar-refractivity contribution in [2.45, 2.75) is 19.3 Å². The van der Waals surface area contributed by atoms with Crippen molar-refractivity contribution in [1.29, 1.82) is 0 Å². The third-order valence-electron chi connectivity index (χ3n) is 1.69. The van der Waals surface area contributed by atoms with Gasteiger partial charge in [0.05, 0.1) is 0 Å². The maximum atomic E-state index is 3.32. The van der Waals surface area contributed by atoms with Crippen LogP contribution in [0.3, 0.4) is 0 Å². The normalized spacial score (nSPS) is 17.6. The Hall–Kier alpha value is 0.830. The highest BCUT2D eigenvalue weighted by molar-refractivity contribution is 8.22. The van der Waals surface area contributed by atoms with E-state index in [2.05, 4.69) is 37.7 Å². The van der Waals surface area contributed by atoms with E-state index in [9.17, 15) is 0 Å². The topological polar surface area (TPSA) is 12.0 Å². The van der Waals surface area contributed by atoms with Crippen molar-refractivity contribution in [3.05, 3.63) is 0 Å². The van der Waals surface area contributed by atoms with Crippen molar-refractivity contribution in [2.75, 3.05) is 24.3 Å². The lowest BCUT2D eigenvalue weighted by Crippen LogP contribution is -2.14. The SMILES string of the molecule is PCNCCCC1=[S+]CCCS1. The fourth-order valence-electron chi connectivity index (χ4n) is 1.08. The predicted octanol–water partition coefficient (Wildman–Crippen LogP) is 1.54. The van der Waals surface area contributed by atoms with Crippen molar-refractivity contribution in [2.24, 2.45) is 0 Å². The fourth-order valence-corrected chi connectivity index (χ4v) is 3.91. The third kappa shape index (κ3) is 4.76. The second-order valence-corrected chi connectivity index (χ2v) is 5.78. The zero-order valence-electron chi connectivity index (χ0n) is 7.34. The van der Waals surface area contributed by atoms with Gasteiger partial charge in [-0.1, -0.05) is 11.8 Å². The van der Waals surface area contributed by atoms with Crippen LogP contribution in [-0.2, 0) is 11.4 Å². The summed E-state index contributed by atoms with van der Waals surface area (Å²) < 4.78 is 1.66. The van der Waals surface area contributed by atoms with Gasteiger partial charge in [-0.25, -0.2) is 0 Å². The smallest absolute Gasteiger partial charge is 0.234 e. The van der Waals surface area contributed by atoms with Crippen LogP contribution >= 0.6 is 21.0 Å². The number of hydrogen-bond donors (Lipinski definition) is 1. The van der Waals surface area contributed by atoms with Crippen LogP contribution in [0, 0.1) is 0 Å². The summed E-state index contributed by atoms with van der Waals surface area (Å²) in [5.41, 5.74) is 0. The van der Waals surface area contributed by atoms with Gasteiger partial charge in [0.1, 0.15) is 0 Å². The van der Waals surface area contributed by atoms with E-state index in [0.717, 1.165) is 12.8 Å². The van der Waals surface area contributed by atoms with Gasteiger partial charge in [-0.05, 0) is 13.0 Å². The minimum atomic E-state index is 1.02. The van der Waals surface area contributed by atoms with E-state index in [-0.39, 0.29) is 0 Å². The molecule has 0 saturated heterocycles. The van der Waals surface area contributed by atoms with E-state index >= 15 is 0 Å². The molecule has 1 aliphatic heterocycles. The molecular weight excluding hydrogens is 205 g/mol. The molecule has 0 aromatic rings. The lowest BCUT2D eigenvalue weighted by atomic mass is 10.3. The van der Waals surface area contributed by atoms with Gasteiger partial charge in [0.15, 0.2) is 17.1 Å². The molecule has 1 rings (SSSR count). The van der Waals surface area contributed by atoms with E-state index in [4.69, 9.17) is 0 Å². The molecule has 0 amide bonds. The van der Waals surface area contributed by atoms with E-state index in [1.54, 1.807) is 4.20 Å². The zero-order chi connectivity index (χ0) is 8.65. The van der Waals surface area contributed by atoms with Crippen molar-refractivity contribution in [3.63, 3.8) is 0 Å². The maximum absolute atomic E-state index is 3.32. The van der Waals surface area contributed by atoms with Crippen molar-refractivity contribution < 1.29 is 0 Å². The van der Waals surface area contributed by atoms with Gasteiger partial charge in [-0.3, -0.25) is 0 Å². The van der Waals surface area contributed by atoms with Crippen LogP contribution in [0.1, 0.15) is 19.3 Å². The molecule has 1 unspecified atom stereocenters. The molecular formula is C8H17NPS2+. The molecule has 0 bridgehead atoms. The van der Waals surface area contributed by atoms with Crippen LogP contribution in [0.4, 0.5) is 0 Å². The zero-order valence-corrected chi connectivity index (χ0v) is 10.1. The molecule has 1 N–H and O–H groups in total. The summed E-state index contributed by atoms with van der Waals surface area (Å²) in [7, 11) is 2.69. The summed E-state index contributed by atoms with van der Waals surface area (Å²) in [6.45, 7) is 1.16. The van der Waals surface area contributed by atoms with Gasteiger partial charge in [0, 0.05) is 24.9 Å². The molecule has 0 aromatic heterocycles. The third-order valence-corrected chi connectivity index (χ3v) is 4.73. The molecule has 0 radical (unpaired) electrons. The second-order valence-electron chi connectivity index (χ2n) is 2.73. The van der Waals surface area contributed by atoms with Crippen molar-refractivity contribution in [1.82, 2.24) is 5.32 Å². The van der Waals surface area contributed by atoms with Gasteiger partial charge in [0.25, 0.3) is 0 Å². The first-order valence-corrected chi connectivity index (χ1v) is 7.24. The van der Waals surface area contributed by atoms with Crippen LogP contribution in [0.2, 0.25) is 0 Å². The number of hydrogen-bond acceptors (Lipinski definition) is 2. The summed E-state index contributed by atoms with van der Waals surface area (Å²) in [6, 6.07) is 0. The predicted molar refractivity (Wildman–Crippen MR) is 66.1 cm³/mol. The lowest BCUT2D eigenvalue weighted by Gasteiger charge is -2.02. The number of nitrogens with one attached hydrogen (secondary N) is 1. The molecule has 1 aliphatic rings. The molecule has 70 valence electrons. The fraction of sp³-hybridized carbons (Fsp3) is 0.875. The molecule has 0 fully saturated rings. The largest absolute Gasteiger partial charge is 0.313 e. The van der Waals surface area contributed by atoms with Crippen molar-refractivity contribution in [3.8, 4) is 0 Å². The van der Waals surface area contributed by atoms with Crippen molar-refractivity contribution >= 4 is 36.5 Å². The lowest BCUT2D eigenvalue weighted by molar-refractivity contribution is 0.737. The number of thioether (sulfide) groups is 1. The average molecular weight is 222 g/mol. The maximum Gasteiger partial charge on any atom is 0.234 e. The Labute approximate surface area is 85.6 Å². The Balaban J connectivity index is 2.01.